The average molecular weight is 298 g/mol. The van der Waals surface area contributed by atoms with Crippen molar-refractivity contribution in [3.05, 3.63) is 58.6 Å². The lowest BCUT2D eigenvalue weighted by molar-refractivity contribution is 0.318. The maximum absolute atomic E-state index is 9.16. The van der Waals surface area contributed by atoms with Crippen LogP contribution in [0.25, 0.3) is 0 Å². The van der Waals surface area contributed by atoms with E-state index in [4.69, 9.17) is 22.1 Å². The van der Waals surface area contributed by atoms with Crippen LogP contribution in [0.15, 0.2) is 47.6 Å². The van der Waals surface area contributed by atoms with E-state index in [1.54, 1.807) is 12.1 Å². The number of nitrogens with zero attached hydrogens (tertiary/aromatic N) is 3. The van der Waals surface area contributed by atoms with Crippen LogP contribution >= 0.6 is 11.6 Å². The SMILES string of the molecule is N#Cc1ccc2c(c1)/C(=N/O)CCN2c1ccc(Cl)cc1. The molecule has 1 N–H and O–H groups in total. The third-order valence-corrected chi connectivity index (χ3v) is 3.81. The molecule has 2 aromatic carbocycles. The summed E-state index contributed by atoms with van der Waals surface area (Å²) in [6.07, 6.45) is 0.612. The Hall–Kier alpha value is -2.51. The van der Waals surface area contributed by atoms with Crippen LogP contribution in [0.2, 0.25) is 5.02 Å². The number of halogens is 1. The number of benzene rings is 2. The van der Waals surface area contributed by atoms with Crippen molar-refractivity contribution < 1.29 is 5.21 Å². The summed E-state index contributed by atoms with van der Waals surface area (Å²) in [7, 11) is 0. The Labute approximate surface area is 127 Å². The Morgan fingerprint density at radius 3 is 2.62 bits per heavy atom. The van der Waals surface area contributed by atoms with Crippen molar-refractivity contribution in [2.75, 3.05) is 11.4 Å². The maximum atomic E-state index is 9.16. The number of anilines is 2. The Balaban J connectivity index is 2.11. The monoisotopic (exact) mass is 297 g/mol. The minimum absolute atomic E-state index is 0.549. The highest BCUT2D eigenvalue weighted by atomic mass is 35.5. The number of hydrogen-bond donors (Lipinski definition) is 1. The van der Waals surface area contributed by atoms with E-state index < -0.39 is 0 Å². The lowest BCUT2D eigenvalue weighted by Crippen LogP contribution is -2.28. The first kappa shape index (κ1) is 13.5. The first-order chi connectivity index (χ1) is 10.2. The van der Waals surface area contributed by atoms with Gasteiger partial charge in [0.25, 0.3) is 0 Å². The van der Waals surface area contributed by atoms with Gasteiger partial charge in [0, 0.05) is 29.2 Å². The third kappa shape index (κ3) is 2.44. The van der Waals surface area contributed by atoms with Gasteiger partial charge in [-0.25, -0.2) is 0 Å². The third-order valence-electron chi connectivity index (χ3n) is 3.56. The standard InChI is InChI=1S/C16H12ClN3O/c17-12-2-4-13(5-3-12)20-8-7-15(19-21)14-9-11(10-18)1-6-16(14)20/h1-6,9,21H,7-8H2/b19-15+. The lowest BCUT2D eigenvalue weighted by Gasteiger charge is -2.31. The van der Waals surface area contributed by atoms with E-state index in [0.29, 0.717) is 29.3 Å². The van der Waals surface area contributed by atoms with E-state index in [2.05, 4.69) is 16.1 Å². The molecule has 4 nitrogen and oxygen atoms in total. The molecular formula is C16H12ClN3O. The van der Waals surface area contributed by atoms with Gasteiger partial charge in [-0.05, 0) is 42.5 Å². The molecular weight excluding hydrogens is 286 g/mol. The quantitative estimate of drug-likeness (QED) is 0.641. The van der Waals surface area contributed by atoms with Gasteiger partial charge in [0.1, 0.15) is 0 Å². The normalized spacial score (nSPS) is 15.6. The predicted molar refractivity (Wildman–Crippen MR) is 82.6 cm³/mol. The summed E-state index contributed by atoms with van der Waals surface area (Å²) in [6.45, 7) is 0.708. The maximum Gasteiger partial charge on any atom is 0.0991 e. The zero-order valence-electron chi connectivity index (χ0n) is 11.1. The first-order valence-electron chi connectivity index (χ1n) is 6.51. The highest BCUT2D eigenvalue weighted by molar-refractivity contribution is 6.30. The fourth-order valence-corrected chi connectivity index (χ4v) is 2.66. The van der Waals surface area contributed by atoms with Crippen LogP contribution in [0.4, 0.5) is 11.4 Å². The Morgan fingerprint density at radius 2 is 1.95 bits per heavy atom. The van der Waals surface area contributed by atoms with Crippen molar-refractivity contribution in [3.8, 4) is 6.07 Å². The number of fused-ring (bicyclic) bond motifs is 1. The second kappa shape index (κ2) is 5.47. The molecule has 3 rings (SSSR count). The van der Waals surface area contributed by atoms with Crippen LogP contribution in [-0.4, -0.2) is 17.5 Å². The molecule has 0 radical (unpaired) electrons. The lowest BCUT2D eigenvalue weighted by atomic mass is 9.97. The number of rotatable bonds is 1. The second-order valence-electron chi connectivity index (χ2n) is 4.77. The van der Waals surface area contributed by atoms with Gasteiger partial charge in [-0.3, -0.25) is 0 Å². The Kier molecular flexibility index (Phi) is 3.51. The topological polar surface area (TPSA) is 59.6 Å². The largest absolute Gasteiger partial charge is 0.411 e. The molecule has 0 bridgehead atoms. The smallest absolute Gasteiger partial charge is 0.0991 e. The van der Waals surface area contributed by atoms with Gasteiger partial charge < -0.3 is 10.1 Å². The number of hydrogen-bond acceptors (Lipinski definition) is 4. The minimum Gasteiger partial charge on any atom is -0.411 e. The Morgan fingerprint density at radius 1 is 1.19 bits per heavy atom. The van der Waals surface area contributed by atoms with E-state index >= 15 is 0 Å². The van der Waals surface area contributed by atoms with E-state index in [1.807, 2.05) is 30.3 Å². The van der Waals surface area contributed by atoms with Crippen molar-refractivity contribution in [2.45, 2.75) is 6.42 Å². The molecule has 0 saturated heterocycles. The fraction of sp³-hybridized carbons (Fsp3) is 0.125. The summed E-state index contributed by atoms with van der Waals surface area (Å²) in [5, 5.41) is 22.2. The molecule has 1 heterocycles. The van der Waals surface area contributed by atoms with Crippen LogP contribution in [-0.2, 0) is 0 Å². The molecule has 5 heteroatoms. The van der Waals surface area contributed by atoms with Crippen molar-refractivity contribution in [1.82, 2.24) is 0 Å². The number of nitriles is 1. The molecule has 0 spiro atoms. The van der Waals surface area contributed by atoms with Crippen molar-refractivity contribution in [3.63, 3.8) is 0 Å². The average Bonchev–Trinajstić information content (AvgIpc) is 2.54. The van der Waals surface area contributed by atoms with E-state index in [-0.39, 0.29) is 0 Å². The summed E-state index contributed by atoms with van der Waals surface area (Å²) in [6, 6.07) is 15.1. The van der Waals surface area contributed by atoms with Crippen LogP contribution < -0.4 is 4.90 Å². The van der Waals surface area contributed by atoms with Gasteiger partial charge in [-0.1, -0.05) is 16.8 Å². The highest BCUT2D eigenvalue weighted by Crippen LogP contribution is 2.34. The van der Waals surface area contributed by atoms with E-state index in [9.17, 15) is 0 Å². The molecule has 21 heavy (non-hydrogen) atoms. The van der Waals surface area contributed by atoms with Gasteiger partial charge in [0.2, 0.25) is 0 Å². The summed E-state index contributed by atoms with van der Waals surface area (Å²) in [5.41, 5.74) is 3.88. The molecule has 1 aliphatic heterocycles. The van der Waals surface area contributed by atoms with Gasteiger partial charge in [-0.2, -0.15) is 5.26 Å². The van der Waals surface area contributed by atoms with E-state index in [1.165, 1.54) is 0 Å². The molecule has 104 valence electrons. The van der Waals surface area contributed by atoms with Gasteiger partial charge >= 0.3 is 0 Å². The van der Waals surface area contributed by atoms with Gasteiger partial charge in [0.05, 0.1) is 23.0 Å². The predicted octanol–water partition coefficient (Wildman–Crippen LogP) is 3.93. The van der Waals surface area contributed by atoms with Crippen LogP contribution in [0.1, 0.15) is 17.5 Å². The first-order valence-corrected chi connectivity index (χ1v) is 6.89. The van der Waals surface area contributed by atoms with Crippen molar-refractivity contribution in [2.24, 2.45) is 5.16 Å². The zero-order valence-corrected chi connectivity index (χ0v) is 11.9. The summed E-state index contributed by atoms with van der Waals surface area (Å²) < 4.78 is 0. The molecule has 2 aromatic rings. The van der Waals surface area contributed by atoms with Gasteiger partial charge in [-0.15, -0.1) is 0 Å². The van der Waals surface area contributed by atoms with E-state index in [0.717, 1.165) is 16.9 Å². The second-order valence-corrected chi connectivity index (χ2v) is 5.20. The number of oxime groups is 1. The summed E-state index contributed by atoms with van der Waals surface area (Å²) >= 11 is 5.93. The Bertz CT molecular complexity index is 747. The molecule has 0 atom stereocenters. The summed E-state index contributed by atoms with van der Waals surface area (Å²) in [5.74, 6) is 0. The fourth-order valence-electron chi connectivity index (χ4n) is 2.54. The van der Waals surface area contributed by atoms with Crippen molar-refractivity contribution in [1.29, 1.82) is 5.26 Å². The van der Waals surface area contributed by atoms with Gasteiger partial charge in [0.15, 0.2) is 0 Å². The molecule has 0 fully saturated rings. The van der Waals surface area contributed by atoms with Crippen LogP contribution in [0, 0.1) is 11.3 Å². The molecule has 1 aliphatic rings. The molecule has 0 unspecified atom stereocenters. The molecule has 0 aromatic heterocycles. The molecule has 0 amide bonds. The van der Waals surface area contributed by atoms with Crippen molar-refractivity contribution >= 4 is 28.7 Å². The van der Waals surface area contributed by atoms with Crippen LogP contribution in [0.3, 0.4) is 0 Å². The summed E-state index contributed by atoms with van der Waals surface area (Å²) in [4.78, 5) is 2.13. The highest BCUT2D eigenvalue weighted by Gasteiger charge is 2.23. The molecule has 0 aliphatic carbocycles. The van der Waals surface area contributed by atoms with Crippen LogP contribution in [0.5, 0.6) is 0 Å². The molecule has 0 saturated carbocycles. The minimum atomic E-state index is 0.549. The zero-order chi connectivity index (χ0) is 14.8.